The van der Waals surface area contributed by atoms with Crippen LogP contribution in [0.4, 0.5) is 0 Å². The molecular weight excluding hydrogens is 310 g/mol. The Labute approximate surface area is 134 Å². The van der Waals surface area contributed by atoms with Crippen LogP contribution in [0.5, 0.6) is 0 Å². The van der Waals surface area contributed by atoms with Crippen LogP contribution in [-0.4, -0.2) is 52.1 Å². The lowest BCUT2D eigenvalue weighted by Crippen LogP contribution is -2.37. The highest BCUT2D eigenvalue weighted by molar-refractivity contribution is 8.00. The van der Waals surface area contributed by atoms with Crippen LogP contribution in [0.1, 0.15) is 19.3 Å². The minimum Gasteiger partial charge on any atom is -0.393 e. The molecule has 21 heavy (non-hydrogen) atoms. The summed E-state index contributed by atoms with van der Waals surface area (Å²) in [6.07, 6.45) is 1.69. The van der Waals surface area contributed by atoms with E-state index in [1.54, 1.807) is 4.90 Å². The molecule has 1 aliphatic rings. The molecule has 0 bridgehead atoms. The Morgan fingerprint density at radius 1 is 1.29 bits per heavy atom. The summed E-state index contributed by atoms with van der Waals surface area (Å²) in [7, 11) is 0. The third kappa shape index (κ3) is 4.88. The van der Waals surface area contributed by atoms with Gasteiger partial charge < -0.3 is 15.1 Å². The standard InChI is InChI=1S/C15H20ClNO3S/c16-12-2-4-13(5-3-12)21-10-14(19)17-8-1-6-15(20,11-18)7-9-17/h2-5,18,20H,1,6-11H2. The minimum absolute atomic E-state index is 0.0668. The molecule has 0 spiro atoms. The smallest absolute Gasteiger partial charge is 0.232 e. The maximum Gasteiger partial charge on any atom is 0.232 e. The second-order valence-electron chi connectivity index (χ2n) is 5.36. The molecule has 0 aliphatic carbocycles. The zero-order valence-electron chi connectivity index (χ0n) is 11.8. The first-order chi connectivity index (χ1) is 10.0. The van der Waals surface area contributed by atoms with Gasteiger partial charge in [0.1, 0.15) is 0 Å². The van der Waals surface area contributed by atoms with E-state index in [-0.39, 0.29) is 12.5 Å². The number of rotatable bonds is 4. The molecule has 0 radical (unpaired) electrons. The number of aliphatic hydroxyl groups is 2. The summed E-state index contributed by atoms with van der Waals surface area (Å²) >= 11 is 7.31. The predicted octanol–water partition coefficient (Wildman–Crippen LogP) is 2.17. The predicted molar refractivity (Wildman–Crippen MR) is 84.6 cm³/mol. The summed E-state index contributed by atoms with van der Waals surface area (Å²) in [4.78, 5) is 15.0. The monoisotopic (exact) mass is 329 g/mol. The van der Waals surface area contributed by atoms with E-state index in [2.05, 4.69) is 0 Å². The summed E-state index contributed by atoms with van der Waals surface area (Å²) in [5, 5.41) is 20.0. The van der Waals surface area contributed by atoms with E-state index in [9.17, 15) is 15.0 Å². The molecule has 1 aromatic carbocycles. The molecule has 1 heterocycles. The summed E-state index contributed by atoms with van der Waals surface area (Å²) < 4.78 is 0. The summed E-state index contributed by atoms with van der Waals surface area (Å²) in [5.74, 6) is 0.441. The Morgan fingerprint density at radius 2 is 2.00 bits per heavy atom. The van der Waals surface area contributed by atoms with Crippen LogP contribution in [0.3, 0.4) is 0 Å². The number of carbonyl (C=O) groups excluding carboxylic acids is 1. The van der Waals surface area contributed by atoms with Crippen LogP contribution < -0.4 is 0 Å². The second-order valence-corrected chi connectivity index (χ2v) is 6.84. The zero-order chi connectivity index (χ0) is 15.3. The molecule has 2 rings (SSSR count). The van der Waals surface area contributed by atoms with Crippen molar-refractivity contribution in [2.24, 2.45) is 0 Å². The van der Waals surface area contributed by atoms with Crippen molar-refractivity contribution in [1.29, 1.82) is 0 Å². The van der Waals surface area contributed by atoms with Gasteiger partial charge in [-0.2, -0.15) is 0 Å². The van der Waals surface area contributed by atoms with Crippen molar-refractivity contribution >= 4 is 29.3 Å². The van der Waals surface area contributed by atoms with Gasteiger partial charge in [0.05, 0.1) is 18.0 Å². The van der Waals surface area contributed by atoms with Crippen molar-refractivity contribution in [3.63, 3.8) is 0 Å². The third-order valence-corrected chi connectivity index (χ3v) is 4.99. The fourth-order valence-corrected chi connectivity index (χ4v) is 3.28. The van der Waals surface area contributed by atoms with Crippen molar-refractivity contribution in [2.45, 2.75) is 29.8 Å². The van der Waals surface area contributed by atoms with Crippen LogP contribution >= 0.6 is 23.4 Å². The highest BCUT2D eigenvalue weighted by Gasteiger charge is 2.30. The molecule has 1 unspecified atom stereocenters. The van der Waals surface area contributed by atoms with Gasteiger partial charge in [-0.25, -0.2) is 0 Å². The van der Waals surface area contributed by atoms with Gasteiger partial charge in [0.2, 0.25) is 5.91 Å². The van der Waals surface area contributed by atoms with Crippen LogP contribution in [0.25, 0.3) is 0 Å². The zero-order valence-corrected chi connectivity index (χ0v) is 13.4. The van der Waals surface area contributed by atoms with E-state index in [0.717, 1.165) is 4.90 Å². The van der Waals surface area contributed by atoms with Gasteiger partial charge in [-0.3, -0.25) is 4.79 Å². The number of aliphatic hydroxyl groups excluding tert-OH is 1. The molecule has 1 aromatic rings. The van der Waals surface area contributed by atoms with Crippen molar-refractivity contribution in [3.05, 3.63) is 29.3 Å². The number of benzene rings is 1. The van der Waals surface area contributed by atoms with E-state index >= 15 is 0 Å². The number of nitrogens with zero attached hydrogens (tertiary/aromatic N) is 1. The lowest BCUT2D eigenvalue weighted by Gasteiger charge is -2.24. The largest absolute Gasteiger partial charge is 0.393 e. The van der Waals surface area contributed by atoms with Gasteiger partial charge in [0.25, 0.3) is 0 Å². The Hall–Kier alpha value is -0.750. The van der Waals surface area contributed by atoms with E-state index in [0.29, 0.717) is 43.1 Å². The quantitative estimate of drug-likeness (QED) is 0.831. The average Bonchev–Trinajstić information content (AvgIpc) is 2.69. The highest BCUT2D eigenvalue weighted by atomic mass is 35.5. The first-order valence-corrected chi connectivity index (χ1v) is 8.38. The molecule has 0 aromatic heterocycles. The van der Waals surface area contributed by atoms with Crippen LogP contribution in [0.15, 0.2) is 29.2 Å². The second kappa shape index (κ2) is 7.49. The summed E-state index contributed by atoms with van der Waals surface area (Å²) in [5.41, 5.74) is -1.03. The lowest BCUT2D eigenvalue weighted by molar-refractivity contribution is -0.128. The van der Waals surface area contributed by atoms with Crippen LogP contribution in [0, 0.1) is 0 Å². The van der Waals surface area contributed by atoms with Gasteiger partial charge in [-0.1, -0.05) is 11.6 Å². The minimum atomic E-state index is -1.03. The van der Waals surface area contributed by atoms with Gasteiger partial charge in [0.15, 0.2) is 0 Å². The Balaban J connectivity index is 1.84. The maximum absolute atomic E-state index is 12.2. The summed E-state index contributed by atoms with van der Waals surface area (Å²) in [6.45, 7) is 0.897. The highest BCUT2D eigenvalue weighted by Crippen LogP contribution is 2.24. The number of hydrogen-bond donors (Lipinski definition) is 2. The molecule has 1 saturated heterocycles. The maximum atomic E-state index is 12.2. The van der Waals surface area contributed by atoms with Crippen molar-refractivity contribution in [1.82, 2.24) is 4.90 Å². The number of likely N-dealkylation sites (tertiary alicyclic amines) is 1. The van der Waals surface area contributed by atoms with Crippen LogP contribution in [0.2, 0.25) is 5.02 Å². The van der Waals surface area contributed by atoms with Gasteiger partial charge >= 0.3 is 0 Å². The number of halogens is 1. The number of thioether (sulfide) groups is 1. The molecule has 6 heteroatoms. The first kappa shape index (κ1) is 16.6. The van der Waals surface area contributed by atoms with Crippen molar-refractivity contribution < 1.29 is 15.0 Å². The topological polar surface area (TPSA) is 60.8 Å². The van der Waals surface area contributed by atoms with E-state index in [1.807, 2.05) is 24.3 Å². The van der Waals surface area contributed by atoms with E-state index in [4.69, 9.17) is 11.6 Å². The molecule has 4 nitrogen and oxygen atoms in total. The van der Waals surface area contributed by atoms with E-state index < -0.39 is 5.60 Å². The number of amides is 1. The number of carbonyl (C=O) groups is 1. The fraction of sp³-hybridized carbons (Fsp3) is 0.533. The molecular formula is C15H20ClNO3S. The Morgan fingerprint density at radius 3 is 2.67 bits per heavy atom. The summed E-state index contributed by atoms with van der Waals surface area (Å²) in [6, 6.07) is 7.41. The molecule has 116 valence electrons. The van der Waals surface area contributed by atoms with Gasteiger partial charge in [-0.15, -0.1) is 11.8 Å². The van der Waals surface area contributed by atoms with E-state index in [1.165, 1.54) is 11.8 Å². The van der Waals surface area contributed by atoms with Crippen LogP contribution in [-0.2, 0) is 4.79 Å². The van der Waals surface area contributed by atoms with Crippen molar-refractivity contribution in [2.75, 3.05) is 25.4 Å². The molecule has 1 atom stereocenters. The Kier molecular flexibility index (Phi) is 5.93. The average molecular weight is 330 g/mol. The molecule has 1 fully saturated rings. The van der Waals surface area contributed by atoms with Gasteiger partial charge in [-0.05, 0) is 43.5 Å². The molecule has 1 amide bonds. The normalized spacial score (nSPS) is 22.9. The first-order valence-electron chi connectivity index (χ1n) is 7.02. The molecule has 1 aliphatic heterocycles. The van der Waals surface area contributed by atoms with Gasteiger partial charge in [0, 0.05) is 23.0 Å². The fourth-order valence-electron chi connectivity index (χ4n) is 2.35. The lowest BCUT2D eigenvalue weighted by atomic mass is 9.96. The molecule has 0 saturated carbocycles. The Bertz CT molecular complexity index is 482. The van der Waals surface area contributed by atoms with Crippen molar-refractivity contribution in [3.8, 4) is 0 Å². The molecule has 2 N–H and O–H groups in total. The number of hydrogen-bond acceptors (Lipinski definition) is 4. The third-order valence-electron chi connectivity index (χ3n) is 3.74. The SMILES string of the molecule is O=C(CSc1ccc(Cl)cc1)N1CCCC(O)(CO)CC1.